The number of nitrogens with zero attached hydrogens (tertiary/aromatic N) is 3. The van der Waals surface area contributed by atoms with E-state index in [4.69, 9.17) is 4.74 Å². The third-order valence-electron chi connectivity index (χ3n) is 4.45. The molecular formula is C18H20N4O2. The molecule has 0 aliphatic carbocycles. The molecule has 1 aliphatic heterocycles. The van der Waals surface area contributed by atoms with E-state index in [1.54, 1.807) is 12.3 Å². The highest BCUT2D eigenvalue weighted by Gasteiger charge is 2.28. The smallest absolute Gasteiger partial charge is 0.272 e. The molecule has 24 heavy (non-hydrogen) atoms. The highest BCUT2D eigenvalue weighted by atomic mass is 16.5. The molecule has 1 aromatic carbocycles. The second-order valence-corrected chi connectivity index (χ2v) is 6.24. The van der Waals surface area contributed by atoms with Crippen molar-refractivity contribution in [2.45, 2.75) is 25.6 Å². The number of hydrogen-bond acceptors (Lipinski definition) is 4. The lowest BCUT2D eigenvalue weighted by atomic mass is 10.0. The van der Waals surface area contributed by atoms with Crippen molar-refractivity contribution in [3.8, 4) is 0 Å². The Bertz CT molecular complexity index is 887. The number of aromatic nitrogens is 3. The van der Waals surface area contributed by atoms with Crippen LogP contribution in [0.1, 0.15) is 24.2 Å². The summed E-state index contributed by atoms with van der Waals surface area (Å²) in [6, 6.07) is 13.9. The zero-order valence-electron chi connectivity index (χ0n) is 13.6. The van der Waals surface area contributed by atoms with Crippen molar-refractivity contribution < 1.29 is 4.74 Å². The molecule has 3 heterocycles. The van der Waals surface area contributed by atoms with Gasteiger partial charge in [-0.05, 0) is 12.5 Å². The number of rotatable bonds is 3. The fourth-order valence-electron chi connectivity index (χ4n) is 3.29. The second-order valence-electron chi connectivity index (χ2n) is 6.24. The summed E-state index contributed by atoms with van der Waals surface area (Å²) in [7, 11) is 0. The maximum atomic E-state index is 12.2. The van der Waals surface area contributed by atoms with Gasteiger partial charge >= 0.3 is 0 Å². The Balaban J connectivity index is 1.65. The zero-order valence-corrected chi connectivity index (χ0v) is 13.6. The van der Waals surface area contributed by atoms with Gasteiger partial charge in [0.15, 0.2) is 5.65 Å². The molecule has 1 fully saturated rings. The predicted molar refractivity (Wildman–Crippen MR) is 90.8 cm³/mol. The molecule has 4 rings (SSSR count). The third kappa shape index (κ3) is 2.86. The Morgan fingerprint density at radius 3 is 2.96 bits per heavy atom. The van der Waals surface area contributed by atoms with Gasteiger partial charge in [-0.1, -0.05) is 30.3 Å². The van der Waals surface area contributed by atoms with Crippen LogP contribution in [-0.2, 0) is 11.3 Å². The Morgan fingerprint density at radius 1 is 1.29 bits per heavy atom. The first-order valence-electron chi connectivity index (χ1n) is 8.17. The van der Waals surface area contributed by atoms with Crippen LogP contribution >= 0.6 is 0 Å². The molecule has 1 N–H and O–H groups in total. The Hall–Kier alpha value is -2.44. The van der Waals surface area contributed by atoms with E-state index in [0.717, 1.165) is 12.2 Å². The number of ether oxygens (including phenoxy) is 1. The minimum Gasteiger partial charge on any atom is -0.375 e. The largest absolute Gasteiger partial charge is 0.375 e. The number of aromatic amines is 1. The molecule has 0 spiro atoms. The summed E-state index contributed by atoms with van der Waals surface area (Å²) in [6.07, 6.45) is 1.89. The van der Waals surface area contributed by atoms with Crippen LogP contribution in [0.15, 0.2) is 53.5 Å². The van der Waals surface area contributed by atoms with Crippen molar-refractivity contribution in [3.63, 3.8) is 0 Å². The summed E-state index contributed by atoms with van der Waals surface area (Å²) in [5, 5.41) is 2.87. The van der Waals surface area contributed by atoms with Crippen LogP contribution in [0.25, 0.3) is 5.65 Å². The molecule has 2 atom stereocenters. The highest BCUT2D eigenvalue weighted by molar-refractivity contribution is 5.36. The SMILES string of the molecule is C[C@H]1CN(Cc2cc(=O)n3[nH]ccc3n2)[C@@H](c2ccccc2)CO1. The van der Waals surface area contributed by atoms with Gasteiger partial charge in [0.2, 0.25) is 0 Å². The minimum atomic E-state index is -0.0856. The first-order chi connectivity index (χ1) is 11.7. The lowest BCUT2D eigenvalue weighted by molar-refractivity contribution is -0.0601. The first kappa shape index (κ1) is 15.1. The molecule has 2 aromatic heterocycles. The number of morpholine rings is 1. The van der Waals surface area contributed by atoms with Crippen LogP contribution < -0.4 is 5.56 Å². The Kier molecular flexibility index (Phi) is 3.92. The lowest BCUT2D eigenvalue weighted by Gasteiger charge is -2.38. The monoisotopic (exact) mass is 324 g/mol. The van der Waals surface area contributed by atoms with E-state index >= 15 is 0 Å². The van der Waals surface area contributed by atoms with E-state index in [9.17, 15) is 4.79 Å². The van der Waals surface area contributed by atoms with E-state index < -0.39 is 0 Å². The van der Waals surface area contributed by atoms with Crippen molar-refractivity contribution in [1.82, 2.24) is 19.5 Å². The van der Waals surface area contributed by atoms with Gasteiger partial charge in [0.25, 0.3) is 5.56 Å². The predicted octanol–water partition coefficient (Wildman–Crippen LogP) is 1.98. The minimum absolute atomic E-state index is 0.0856. The van der Waals surface area contributed by atoms with E-state index in [-0.39, 0.29) is 17.7 Å². The van der Waals surface area contributed by atoms with Gasteiger partial charge in [0.1, 0.15) is 0 Å². The maximum Gasteiger partial charge on any atom is 0.272 e. The zero-order chi connectivity index (χ0) is 16.5. The number of fused-ring (bicyclic) bond motifs is 1. The van der Waals surface area contributed by atoms with Crippen molar-refractivity contribution in [3.05, 3.63) is 70.3 Å². The number of benzene rings is 1. The van der Waals surface area contributed by atoms with Gasteiger partial charge in [0, 0.05) is 31.4 Å². The van der Waals surface area contributed by atoms with E-state index in [1.807, 2.05) is 24.3 Å². The summed E-state index contributed by atoms with van der Waals surface area (Å²) in [5.41, 5.74) is 2.58. The summed E-state index contributed by atoms with van der Waals surface area (Å²) in [4.78, 5) is 19.1. The molecule has 0 unspecified atom stereocenters. The molecule has 6 nitrogen and oxygen atoms in total. The topological polar surface area (TPSA) is 62.6 Å². The Morgan fingerprint density at radius 2 is 2.12 bits per heavy atom. The van der Waals surface area contributed by atoms with Crippen LogP contribution in [0.5, 0.6) is 0 Å². The van der Waals surface area contributed by atoms with E-state index in [2.05, 4.69) is 34.0 Å². The second kappa shape index (κ2) is 6.22. The summed E-state index contributed by atoms with van der Waals surface area (Å²) < 4.78 is 7.31. The lowest BCUT2D eigenvalue weighted by Crippen LogP contribution is -2.43. The highest BCUT2D eigenvalue weighted by Crippen LogP contribution is 2.27. The summed E-state index contributed by atoms with van der Waals surface area (Å²) >= 11 is 0. The molecule has 1 saturated heterocycles. The first-order valence-corrected chi connectivity index (χ1v) is 8.17. The van der Waals surface area contributed by atoms with Crippen molar-refractivity contribution in [2.75, 3.05) is 13.2 Å². The fraction of sp³-hybridized carbons (Fsp3) is 0.333. The van der Waals surface area contributed by atoms with Crippen LogP contribution in [-0.4, -0.2) is 38.8 Å². The fourth-order valence-corrected chi connectivity index (χ4v) is 3.29. The molecule has 0 amide bonds. The standard InChI is InChI=1S/C18H20N4O2/c1-13-10-21(16(12-24-13)14-5-3-2-4-6-14)11-15-9-18(23)22-17(20-15)7-8-19-22/h2-9,13,16,19H,10-12H2,1H3/t13-,16+/m0/s1. The van der Waals surface area contributed by atoms with Crippen molar-refractivity contribution in [2.24, 2.45) is 0 Å². The van der Waals surface area contributed by atoms with Gasteiger partial charge in [-0.3, -0.25) is 14.8 Å². The molecule has 0 bridgehead atoms. The average Bonchev–Trinajstić information content (AvgIpc) is 3.05. The molecule has 124 valence electrons. The van der Waals surface area contributed by atoms with Crippen molar-refractivity contribution in [1.29, 1.82) is 0 Å². The van der Waals surface area contributed by atoms with Crippen molar-refractivity contribution >= 4 is 5.65 Å². The third-order valence-corrected chi connectivity index (χ3v) is 4.45. The molecular weight excluding hydrogens is 304 g/mol. The molecule has 1 aliphatic rings. The molecule has 0 saturated carbocycles. The van der Waals surface area contributed by atoms with Gasteiger partial charge in [-0.2, -0.15) is 0 Å². The van der Waals surface area contributed by atoms with E-state index in [1.165, 1.54) is 10.1 Å². The summed E-state index contributed by atoms with van der Waals surface area (Å²) in [5.74, 6) is 0. The molecule has 6 heteroatoms. The van der Waals surface area contributed by atoms with Crippen LogP contribution in [0, 0.1) is 0 Å². The van der Waals surface area contributed by atoms with E-state index in [0.29, 0.717) is 18.8 Å². The molecule has 0 radical (unpaired) electrons. The average molecular weight is 324 g/mol. The van der Waals surface area contributed by atoms with Gasteiger partial charge in [-0.15, -0.1) is 0 Å². The van der Waals surface area contributed by atoms with Gasteiger partial charge in [-0.25, -0.2) is 9.50 Å². The van der Waals surface area contributed by atoms with Crippen LogP contribution in [0.3, 0.4) is 0 Å². The number of hydrogen-bond donors (Lipinski definition) is 1. The normalized spacial score (nSPS) is 22.0. The Labute approximate surface area is 139 Å². The van der Waals surface area contributed by atoms with Gasteiger partial charge < -0.3 is 4.74 Å². The van der Waals surface area contributed by atoms with Crippen LogP contribution in [0.4, 0.5) is 0 Å². The number of nitrogens with one attached hydrogen (secondary N) is 1. The summed E-state index contributed by atoms with van der Waals surface area (Å²) in [6.45, 7) is 4.17. The quantitative estimate of drug-likeness (QED) is 0.800. The van der Waals surface area contributed by atoms with Crippen LogP contribution in [0.2, 0.25) is 0 Å². The maximum absolute atomic E-state index is 12.2. The number of H-pyrrole nitrogens is 1. The molecule has 3 aromatic rings. The van der Waals surface area contributed by atoms with Gasteiger partial charge in [0.05, 0.1) is 24.4 Å².